The van der Waals surface area contributed by atoms with Crippen LogP contribution in [0, 0.1) is 0 Å². The minimum Gasteiger partial charge on any atom is -0.504 e. The Balaban J connectivity index is 1.39. The van der Waals surface area contributed by atoms with Crippen molar-refractivity contribution in [1.29, 1.82) is 0 Å². The van der Waals surface area contributed by atoms with Crippen LogP contribution < -0.4 is 0 Å². The van der Waals surface area contributed by atoms with Gasteiger partial charge in [-0.25, -0.2) is 14.3 Å². The molecule has 0 aliphatic carbocycles. The maximum absolute atomic E-state index is 11.8. The molecule has 11 nitrogen and oxygen atoms in total. The third-order valence-corrected chi connectivity index (χ3v) is 4.34. The molecule has 11 heteroatoms. The zero-order chi connectivity index (χ0) is 24.5. The van der Waals surface area contributed by atoms with Crippen molar-refractivity contribution in [2.75, 3.05) is 6.61 Å². The highest BCUT2D eigenvalue weighted by atomic mass is 16.5. The topological polar surface area (TPSA) is 164 Å². The Morgan fingerprint density at radius 3 is 1.94 bits per heavy atom. The number of aromatic nitrogens is 3. The first-order valence-corrected chi connectivity index (χ1v) is 9.93. The van der Waals surface area contributed by atoms with Crippen molar-refractivity contribution in [3.05, 3.63) is 71.6 Å². The zero-order valence-electron chi connectivity index (χ0n) is 17.7. The normalized spacial score (nSPS) is 11.2. The Labute approximate surface area is 193 Å². The molecule has 2 aromatic carbocycles. The molecule has 0 fully saturated rings. The molecule has 0 spiro atoms. The van der Waals surface area contributed by atoms with Gasteiger partial charge in [0.2, 0.25) is 0 Å². The predicted octanol–water partition coefficient (Wildman–Crippen LogP) is 2.11. The molecular formula is C23H21N3O8. The van der Waals surface area contributed by atoms with Gasteiger partial charge in [-0.1, -0.05) is 17.3 Å². The van der Waals surface area contributed by atoms with Crippen LogP contribution in [0.2, 0.25) is 0 Å². The van der Waals surface area contributed by atoms with Gasteiger partial charge in [0.1, 0.15) is 18.9 Å². The molecule has 176 valence electrons. The molecule has 1 heterocycles. The Morgan fingerprint density at radius 2 is 1.38 bits per heavy atom. The van der Waals surface area contributed by atoms with Gasteiger partial charge in [0.05, 0.1) is 12.7 Å². The largest absolute Gasteiger partial charge is 0.504 e. The van der Waals surface area contributed by atoms with E-state index in [9.17, 15) is 30.0 Å². The SMILES string of the molecule is O=C(/C=C/c1ccc(O)c(O)c1)OCCn1cc(COC(=O)/C=C/c2ccc(O)c(O)c2)nn1. The lowest BCUT2D eigenvalue weighted by molar-refractivity contribution is -0.139. The maximum atomic E-state index is 11.8. The van der Waals surface area contributed by atoms with E-state index >= 15 is 0 Å². The number of rotatable bonds is 9. The molecule has 0 atom stereocenters. The van der Waals surface area contributed by atoms with Gasteiger partial charge in [0, 0.05) is 12.2 Å². The molecule has 0 aliphatic rings. The second kappa shape index (κ2) is 11.2. The molecule has 0 unspecified atom stereocenters. The van der Waals surface area contributed by atoms with Crippen LogP contribution in [-0.4, -0.2) is 54.0 Å². The van der Waals surface area contributed by atoms with Gasteiger partial charge in [0.15, 0.2) is 23.0 Å². The maximum Gasteiger partial charge on any atom is 0.331 e. The van der Waals surface area contributed by atoms with Crippen LogP contribution in [-0.2, 0) is 32.2 Å². The minimum atomic E-state index is -0.634. The summed E-state index contributed by atoms with van der Waals surface area (Å²) < 4.78 is 11.6. The van der Waals surface area contributed by atoms with Gasteiger partial charge in [-0.3, -0.25) is 0 Å². The first kappa shape index (κ1) is 23.9. The summed E-state index contributed by atoms with van der Waals surface area (Å²) in [5, 5.41) is 45.1. The standard InChI is InChI=1S/C23H21N3O8/c27-18-5-1-15(11-20(18)29)3-7-22(31)33-10-9-26-13-17(24-25-26)14-34-23(32)8-4-16-2-6-19(28)21(30)12-16/h1-8,11-13,27-30H,9-10,14H2/b7-3+,8-4+. The molecule has 0 saturated heterocycles. The molecule has 0 saturated carbocycles. The number of carbonyl (C=O) groups excluding carboxylic acids is 2. The van der Waals surface area contributed by atoms with Crippen LogP contribution in [0.25, 0.3) is 12.2 Å². The average Bonchev–Trinajstić information content (AvgIpc) is 3.27. The van der Waals surface area contributed by atoms with E-state index in [4.69, 9.17) is 9.47 Å². The van der Waals surface area contributed by atoms with E-state index in [1.807, 2.05) is 0 Å². The van der Waals surface area contributed by atoms with Crippen LogP contribution >= 0.6 is 0 Å². The molecule has 34 heavy (non-hydrogen) atoms. The van der Waals surface area contributed by atoms with Gasteiger partial charge >= 0.3 is 11.9 Å². The summed E-state index contributed by atoms with van der Waals surface area (Å²) in [6.45, 7) is 0.131. The Morgan fingerprint density at radius 1 is 0.824 bits per heavy atom. The van der Waals surface area contributed by atoms with Crippen molar-refractivity contribution in [2.45, 2.75) is 13.2 Å². The number of phenols is 4. The number of esters is 2. The number of carbonyl (C=O) groups is 2. The first-order chi connectivity index (χ1) is 16.3. The third kappa shape index (κ3) is 7.12. The quantitative estimate of drug-likeness (QED) is 0.208. The van der Waals surface area contributed by atoms with Crippen molar-refractivity contribution in [3.8, 4) is 23.0 Å². The van der Waals surface area contributed by atoms with Crippen molar-refractivity contribution in [1.82, 2.24) is 15.0 Å². The third-order valence-electron chi connectivity index (χ3n) is 4.34. The number of hydrogen-bond donors (Lipinski definition) is 4. The lowest BCUT2D eigenvalue weighted by Crippen LogP contribution is -2.10. The molecule has 0 radical (unpaired) electrons. The predicted molar refractivity (Wildman–Crippen MR) is 118 cm³/mol. The summed E-state index contributed by atoms with van der Waals surface area (Å²) in [6.07, 6.45) is 6.75. The number of benzene rings is 2. The van der Waals surface area contributed by atoms with E-state index in [2.05, 4.69) is 10.3 Å². The fourth-order valence-electron chi connectivity index (χ4n) is 2.61. The molecule has 3 rings (SSSR count). The van der Waals surface area contributed by atoms with Crippen LogP contribution in [0.3, 0.4) is 0 Å². The van der Waals surface area contributed by atoms with E-state index in [0.717, 1.165) is 0 Å². The Bertz CT molecular complexity index is 1230. The molecule has 1 aromatic heterocycles. The Kier molecular flexibility index (Phi) is 7.84. The molecular weight excluding hydrogens is 446 g/mol. The lowest BCUT2D eigenvalue weighted by Gasteiger charge is -2.02. The van der Waals surface area contributed by atoms with Crippen LogP contribution in [0.4, 0.5) is 0 Å². The molecule has 4 N–H and O–H groups in total. The summed E-state index contributed by atoms with van der Waals surface area (Å²) in [5.74, 6) is -2.35. The smallest absolute Gasteiger partial charge is 0.331 e. The van der Waals surface area contributed by atoms with Gasteiger partial charge < -0.3 is 29.9 Å². The average molecular weight is 467 g/mol. The van der Waals surface area contributed by atoms with E-state index in [-0.39, 0.29) is 42.8 Å². The van der Waals surface area contributed by atoms with Crippen LogP contribution in [0.15, 0.2) is 54.7 Å². The number of phenolic OH excluding ortho intramolecular Hbond substituents is 4. The summed E-state index contributed by atoms with van der Waals surface area (Å²) in [5.41, 5.74) is 1.41. The van der Waals surface area contributed by atoms with Gasteiger partial charge in [-0.05, 0) is 47.5 Å². The van der Waals surface area contributed by atoms with Crippen molar-refractivity contribution in [3.63, 3.8) is 0 Å². The van der Waals surface area contributed by atoms with Crippen molar-refractivity contribution < 1.29 is 39.5 Å². The monoisotopic (exact) mass is 467 g/mol. The first-order valence-electron chi connectivity index (χ1n) is 9.93. The summed E-state index contributed by atoms with van der Waals surface area (Å²) >= 11 is 0. The van der Waals surface area contributed by atoms with E-state index in [1.54, 1.807) is 0 Å². The number of aromatic hydroxyl groups is 4. The van der Waals surface area contributed by atoms with E-state index in [0.29, 0.717) is 16.8 Å². The van der Waals surface area contributed by atoms with Gasteiger partial charge in [-0.15, -0.1) is 5.10 Å². The van der Waals surface area contributed by atoms with Gasteiger partial charge in [-0.2, -0.15) is 0 Å². The summed E-state index contributed by atoms with van der Waals surface area (Å²) in [4.78, 5) is 23.6. The summed E-state index contributed by atoms with van der Waals surface area (Å²) in [6, 6.07) is 8.25. The van der Waals surface area contributed by atoms with Crippen molar-refractivity contribution >= 4 is 24.1 Å². The molecule has 0 amide bonds. The molecule has 0 aliphatic heterocycles. The highest BCUT2D eigenvalue weighted by Gasteiger charge is 2.06. The number of nitrogens with zero attached hydrogens (tertiary/aromatic N) is 3. The molecule has 3 aromatic rings. The Hall–Kier alpha value is -4.80. The second-order valence-electron chi connectivity index (χ2n) is 6.91. The van der Waals surface area contributed by atoms with Gasteiger partial charge in [0.25, 0.3) is 0 Å². The fraction of sp³-hybridized carbons (Fsp3) is 0.130. The zero-order valence-corrected chi connectivity index (χ0v) is 17.7. The van der Waals surface area contributed by atoms with Crippen molar-refractivity contribution in [2.24, 2.45) is 0 Å². The fourth-order valence-corrected chi connectivity index (χ4v) is 2.61. The number of ether oxygens (including phenoxy) is 2. The number of hydrogen-bond acceptors (Lipinski definition) is 10. The van der Waals surface area contributed by atoms with Crippen LogP contribution in [0.1, 0.15) is 16.8 Å². The summed E-state index contributed by atoms with van der Waals surface area (Å²) in [7, 11) is 0. The highest BCUT2D eigenvalue weighted by Crippen LogP contribution is 2.26. The molecule has 0 bridgehead atoms. The minimum absolute atomic E-state index is 0.0226. The highest BCUT2D eigenvalue weighted by molar-refractivity contribution is 5.87. The lowest BCUT2D eigenvalue weighted by atomic mass is 10.2. The van der Waals surface area contributed by atoms with E-state index in [1.165, 1.54) is 71.6 Å². The van der Waals surface area contributed by atoms with E-state index < -0.39 is 11.9 Å². The second-order valence-corrected chi connectivity index (χ2v) is 6.91. The van der Waals surface area contributed by atoms with Crippen LogP contribution in [0.5, 0.6) is 23.0 Å².